The second kappa shape index (κ2) is 7.11. The van der Waals surface area contributed by atoms with Crippen LogP contribution in [-0.4, -0.2) is 6.04 Å². The van der Waals surface area contributed by atoms with Gasteiger partial charge in [0.25, 0.3) is 0 Å². The smallest absolute Gasteiger partial charge is 0.119 e. The largest absolute Gasteiger partial charge is 0.489 e. The standard InChI is InChI=1S/C18H23NO/c1-14(2)19-12-16-6-4-5-7-17(16)13-20-18-10-8-15(3)9-11-18/h4-11,14,19H,12-13H2,1-3H3. The topological polar surface area (TPSA) is 21.3 Å². The molecule has 2 nitrogen and oxygen atoms in total. The predicted octanol–water partition coefficient (Wildman–Crippen LogP) is 4.07. The second-order valence-corrected chi connectivity index (χ2v) is 5.41. The Balaban J connectivity index is 1.99. The van der Waals surface area contributed by atoms with Gasteiger partial charge in [-0.25, -0.2) is 0 Å². The number of hydrogen-bond acceptors (Lipinski definition) is 2. The molecule has 0 aliphatic heterocycles. The second-order valence-electron chi connectivity index (χ2n) is 5.41. The summed E-state index contributed by atoms with van der Waals surface area (Å²) in [4.78, 5) is 0. The fraction of sp³-hybridized carbons (Fsp3) is 0.333. The quantitative estimate of drug-likeness (QED) is 0.853. The van der Waals surface area contributed by atoms with Gasteiger partial charge in [-0.15, -0.1) is 0 Å². The van der Waals surface area contributed by atoms with E-state index in [2.05, 4.69) is 62.5 Å². The lowest BCUT2D eigenvalue weighted by Crippen LogP contribution is -2.22. The zero-order chi connectivity index (χ0) is 14.4. The van der Waals surface area contributed by atoms with Gasteiger partial charge in [0.1, 0.15) is 12.4 Å². The van der Waals surface area contributed by atoms with E-state index in [-0.39, 0.29) is 0 Å². The molecule has 1 N–H and O–H groups in total. The molecule has 0 radical (unpaired) electrons. The van der Waals surface area contributed by atoms with Crippen molar-refractivity contribution in [1.82, 2.24) is 5.32 Å². The van der Waals surface area contributed by atoms with Crippen molar-refractivity contribution >= 4 is 0 Å². The fourth-order valence-electron chi connectivity index (χ4n) is 1.98. The van der Waals surface area contributed by atoms with Crippen LogP contribution < -0.4 is 10.1 Å². The third-order valence-electron chi connectivity index (χ3n) is 3.23. The van der Waals surface area contributed by atoms with Crippen LogP contribution in [0.1, 0.15) is 30.5 Å². The Labute approximate surface area is 121 Å². The monoisotopic (exact) mass is 269 g/mol. The van der Waals surface area contributed by atoms with Crippen LogP contribution in [0.2, 0.25) is 0 Å². The van der Waals surface area contributed by atoms with Crippen molar-refractivity contribution in [2.75, 3.05) is 0 Å². The van der Waals surface area contributed by atoms with Crippen molar-refractivity contribution in [1.29, 1.82) is 0 Å². The minimum absolute atomic E-state index is 0.487. The molecule has 0 saturated heterocycles. The van der Waals surface area contributed by atoms with Crippen LogP contribution >= 0.6 is 0 Å². The van der Waals surface area contributed by atoms with Crippen LogP contribution in [0.15, 0.2) is 48.5 Å². The summed E-state index contributed by atoms with van der Waals surface area (Å²) in [5.74, 6) is 0.919. The number of hydrogen-bond donors (Lipinski definition) is 1. The number of nitrogens with one attached hydrogen (secondary N) is 1. The van der Waals surface area contributed by atoms with E-state index in [1.165, 1.54) is 16.7 Å². The van der Waals surface area contributed by atoms with Gasteiger partial charge in [0.2, 0.25) is 0 Å². The first-order valence-corrected chi connectivity index (χ1v) is 7.15. The highest BCUT2D eigenvalue weighted by Crippen LogP contribution is 2.16. The maximum Gasteiger partial charge on any atom is 0.119 e. The lowest BCUT2D eigenvalue weighted by Gasteiger charge is -2.13. The van der Waals surface area contributed by atoms with Crippen LogP contribution in [0.4, 0.5) is 0 Å². The number of ether oxygens (including phenoxy) is 1. The Morgan fingerprint density at radius 2 is 1.60 bits per heavy atom. The summed E-state index contributed by atoms with van der Waals surface area (Å²) in [6, 6.07) is 17.1. The molecule has 20 heavy (non-hydrogen) atoms. The molecule has 0 aliphatic rings. The molecule has 0 aliphatic carbocycles. The van der Waals surface area contributed by atoms with Crippen molar-refractivity contribution in [3.8, 4) is 5.75 Å². The molecule has 2 aromatic rings. The molecule has 0 amide bonds. The Bertz CT molecular complexity index is 531. The summed E-state index contributed by atoms with van der Waals surface area (Å²) >= 11 is 0. The van der Waals surface area contributed by atoms with E-state index in [9.17, 15) is 0 Å². The number of aryl methyl sites for hydroxylation is 1. The van der Waals surface area contributed by atoms with Crippen LogP contribution in [0.5, 0.6) is 5.75 Å². The van der Waals surface area contributed by atoms with Gasteiger partial charge in [-0.05, 0) is 30.2 Å². The maximum atomic E-state index is 5.87. The average molecular weight is 269 g/mol. The van der Waals surface area contributed by atoms with E-state index in [0.717, 1.165) is 12.3 Å². The van der Waals surface area contributed by atoms with Gasteiger partial charge in [-0.1, -0.05) is 55.8 Å². The third-order valence-corrected chi connectivity index (χ3v) is 3.23. The SMILES string of the molecule is Cc1ccc(OCc2ccccc2CNC(C)C)cc1. The highest BCUT2D eigenvalue weighted by Gasteiger charge is 2.03. The van der Waals surface area contributed by atoms with E-state index in [0.29, 0.717) is 12.6 Å². The van der Waals surface area contributed by atoms with Crippen LogP contribution in [0.3, 0.4) is 0 Å². The van der Waals surface area contributed by atoms with Gasteiger partial charge < -0.3 is 10.1 Å². The highest BCUT2D eigenvalue weighted by atomic mass is 16.5. The number of rotatable bonds is 6. The molecule has 0 unspecified atom stereocenters. The van der Waals surface area contributed by atoms with Crippen molar-refractivity contribution in [2.24, 2.45) is 0 Å². The van der Waals surface area contributed by atoms with Gasteiger partial charge in [-0.3, -0.25) is 0 Å². The molecular formula is C18H23NO. The molecular weight excluding hydrogens is 246 g/mol. The minimum atomic E-state index is 0.487. The summed E-state index contributed by atoms with van der Waals surface area (Å²) < 4.78 is 5.87. The van der Waals surface area contributed by atoms with Crippen molar-refractivity contribution in [3.63, 3.8) is 0 Å². The summed E-state index contributed by atoms with van der Waals surface area (Å²) in [6.45, 7) is 7.89. The molecule has 0 fully saturated rings. The van der Waals surface area contributed by atoms with E-state index in [1.807, 2.05) is 12.1 Å². The molecule has 2 heteroatoms. The Kier molecular flexibility index (Phi) is 5.19. The van der Waals surface area contributed by atoms with Crippen molar-refractivity contribution < 1.29 is 4.74 Å². The van der Waals surface area contributed by atoms with Gasteiger partial charge in [-0.2, -0.15) is 0 Å². The van der Waals surface area contributed by atoms with Gasteiger partial charge in [0, 0.05) is 12.6 Å². The Morgan fingerprint density at radius 1 is 0.950 bits per heavy atom. The normalized spacial score (nSPS) is 10.8. The summed E-state index contributed by atoms with van der Waals surface area (Å²) in [6.07, 6.45) is 0. The first kappa shape index (κ1) is 14.6. The minimum Gasteiger partial charge on any atom is -0.489 e. The first-order chi connectivity index (χ1) is 9.65. The molecule has 0 saturated carbocycles. The van der Waals surface area contributed by atoms with E-state index in [1.54, 1.807) is 0 Å². The molecule has 0 aromatic heterocycles. The first-order valence-electron chi connectivity index (χ1n) is 7.15. The molecule has 106 valence electrons. The Hall–Kier alpha value is -1.80. The van der Waals surface area contributed by atoms with Crippen LogP contribution in [0.25, 0.3) is 0 Å². The molecule has 2 aromatic carbocycles. The number of benzene rings is 2. The van der Waals surface area contributed by atoms with E-state index < -0.39 is 0 Å². The van der Waals surface area contributed by atoms with Gasteiger partial charge >= 0.3 is 0 Å². The maximum absolute atomic E-state index is 5.87. The highest BCUT2D eigenvalue weighted by molar-refractivity contribution is 5.29. The zero-order valence-electron chi connectivity index (χ0n) is 12.5. The molecule has 0 spiro atoms. The zero-order valence-corrected chi connectivity index (χ0v) is 12.5. The summed E-state index contributed by atoms with van der Waals surface area (Å²) in [7, 11) is 0. The lowest BCUT2D eigenvalue weighted by atomic mass is 10.1. The molecule has 0 bridgehead atoms. The summed E-state index contributed by atoms with van der Waals surface area (Å²) in [5, 5.41) is 3.45. The van der Waals surface area contributed by atoms with Crippen molar-refractivity contribution in [2.45, 2.75) is 40.0 Å². The predicted molar refractivity (Wildman–Crippen MR) is 83.9 cm³/mol. The fourth-order valence-corrected chi connectivity index (χ4v) is 1.98. The van der Waals surface area contributed by atoms with E-state index in [4.69, 9.17) is 4.74 Å². The lowest BCUT2D eigenvalue weighted by molar-refractivity contribution is 0.304. The molecule has 2 rings (SSSR count). The van der Waals surface area contributed by atoms with Crippen molar-refractivity contribution in [3.05, 3.63) is 65.2 Å². The van der Waals surface area contributed by atoms with Crippen LogP contribution in [-0.2, 0) is 13.2 Å². The third kappa shape index (κ3) is 4.39. The summed E-state index contributed by atoms with van der Waals surface area (Å²) in [5.41, 5.74) is 3.79. The van der Waals surface area contributed by atoms with Crippen LogP contribution in [0, 0.1) is 6.92 Å². The van der Waals surface area contributed by atoms with Gasteiger partial charge in [0.05, 0.1) is 0 Å². The average Bonchev–Trinajstić information content (AvgIpc) is 2.45. The Morgan fingerprint density at radius 3 is 2.25 bits per heavy atom. The molecule has 0 heterocycles. The van der Waals surface area contributed by atoms with Gasteiger partial charge in [0.15, 0.2) is 0 Å². The molecule has 0 atom stereocenters. The van der Waals surface area contributed by atoms with E-state index >= 15 is 0 Å².